The number of nitrogens with one attached hydrogen (secondary N) is 1. The molecular weight excluding hydrogens is 443 g/mol. The molecule has 1 aromatic heterocycles. The van der Waals surface area contributed by atoms with Crippen molar-refractivity contribution in [3.63, 3.8) is 0 Å². The number of aromatic amines is 1. The number of halogens is 4. The van der Waals surface area contributed by atoms with Crippen molar-refractivity contribution >= 4 is 38.3 Å². The third-order valence-electron chi connectivity index (χ3n) is 5.44. The van der Waals surface area contributed by atoms with Gasteiger partial charge in [0.1, 0.15) is 0 Å². The van der Waals surface area contributed by atoms with Crippen LogP contribution in [0.1, 0.15) is 11.3 Å². The minimum Gasteiger partial charge on any atom is -0.466 e. The van der Waals surface area contributed by atoms with Crippen LogP contribution in [-0.2, 0) is 32.2 Å². The molecule has 0 fully saturated rings. The van der Waals surface area contributed by atoms with Crippen molar-refractivity contribution in [1.29, 1.82) is 0 Å². The number of carbonyl (C=O) groups is 1. The van der Waals surface area contributed by atoms with E-state index in [1.807, 2.05) is 0 Å². The number of ether oxygens (including phenoxy) is 1. The van der Waals surface area contributed by atoms with Crippen molar-refractivity contribution in [3.8, 4) is 0 Å². The second-order valence-electron chi connectivity index (χ2n) is 7.09. The minimum atomic E-state index is -5.08. The van der Waals surface area contributed by atoms with Crippen molar-refractivity contribution < 1.29 is 31.1 Å². The summed E-state index contributed by atoms with van der Waals surface area (Å²) in [6.07, 6.45) is -0.194. The lowest BCUT2D eigenvalue weighted by molar-refractivity contribution is -0.151. The predicted octanol–water partition coefficient (Wildman–Crippen LogP) is 4.13. The average molecular weight is 458 g/mol. The van der Waals surface area contributed by atoms with Gasteiger partial charge in [-0.25, -0.2) is 26.4 Å². The van der Waals surface area contributed by atoms with Crippen LogP contribution in [0.3, 0.4) is 0 Å². The zero-order valence-electron chi connectivity index (χ0n) is 15.5. The van der Waals surface area contributed by atoms with Gasteiger partial charge in [-0.2, -0.15) is 0 Å². The van der Waals surface area contributed by atoms with Crippen molar-refractivity contribution in [2.24, 2.45) is 5.92 Å². The number of hydrogen-bond acceptors (Lipinski definition) is 4. The van der Waals surface area contributed by atoms with Gasteiger partial charge in [0.05, 0.1) is 12.0 Å². The van der Waals surface area contributed by atoms with E-state index in [0.717, 1.165) is 12.6 Å². The number of aromatic nitrogens is 1. The number of carbonyl (C=O) groups excluding carboxylic acids is 1. The van der Waals surface area contributed by atoms with Crippen molar-refractivity contribution in [3.05, 3.63) is 64.3 Å². The number of alkyl halides is 1. The molecule has 0 bridgehead atoms. The quantitative estimate of drug-likeness (QED) is 0.472. The van der Waals surface area contributed by atoms with E-state index in [1.54, 1.807) is 18.2 Å². The van der Waals surface area contributed by atoms with E-state index in [1.165, 1.54) is 0 Å². The van der Waals surface area contributed by atoms with Crippen LogP contribution in [0.4, 0.5) is 13.2 Å². The maximum Gasteiger partial charge on any atom is 0.360 e. The molecule has 1 aliphatic rings. The lowest BCUT2D eigenvalue weighted by Crippen LogP contribution is -2.50. The Morgan fingerprint density at radius 1 is 1.17 bits per heavy atom. The summed E-state index contributed by atoms with van der Waals surface area (Å²) >= 11 is 6.03. The molecule has 4 rings (SSSR count). The molecule has 3 aromatic rings. The van der Waals surface area contributed by atoms with Gasteiger partial charge in [-0.3, -0.25) is 0 Å². The smallest absolute Gasteiger partial charge is 0.360 e. The van der Waals surface area contributed by atoms with Crippen LogP contribution in [0.5, 0.6) is 0 Å². The highest BCUT2D eigenvalue weighted by Gasteiger charge is 2.60. The molecule has 30 heavy (non-hydrogen) atoms. The zero-order chi connectivity index (χ0) is 21.8. The number of benzene rings is 2. The summed E-state index contributed by atoms with van der Waals surface area (Å²) in [5.74, 6) is -5.73. The molecule has 2 atom stereocenters. The van der Waals surface area contributed by atoms with Gasteiger partial charge in [-0.1, -0.05) is 11.6 Å². The third kappa shape index (κ3) is 2.91. The molecule has 0 spiro atoms. The van der Waals surface area contributed by atoms with Crippen LogP contribution in [-0.4, -0.2) is 31.5 Å². The summed E-state index contributed by atoms with van der Waals surface area (Å²) in [6.45, 7) is 0. The molecule has 0 aliphatic heterocycles. The molecule has 0 saturated carbocycles. The third-order valence-corrected chi connectivity index (χ3v) is 7.83. The lowest BCUT2D eigenvalue weighted by atomic mass is 9.98. The van der Waals surface area contributed by atoms with Crippen LogP contribution in [0, 0.1) is 17.6 Å². The van der Waals surface area contributed by atoms with Gasteiger partial charge in [0.25, 0.3) is 0 Å². The Balaban J connectivity index is 1.81. The van der Waals surface area contributed by atoms with Crippen molar-refractivity contribution in [1.82, 2.24) is 4.98 Å². The fourth-order valence-electron chi connectivity index (χ4n) is 3.96. The molecule has 1 heterocycles. The summed E-state index contributed by atoms with van der Waals surface area (Å²) in [7, 11) is -4.22. The highest BCUT2D eigenvalue weighted by molar-refractivity contribution is 7.93. The standard InChI is InChI=1S/C20H15ClF3NO4S/c1-29-19(26)20(24,30(27,28)12-3-4-15(22)16(23)9-12)10-6-13-14-8-11(21)2-5-17(14)25-18(13)7-10/h2-5,8-10,25H,6-7H2,1H3. The topological polar surface area (TPSA) is 76.2 Å². The molecular formula is C20H15ClF3NO4S. The Morgan fingerprint density at radius 3 is 2.57 bits per heavy atom. The van der Waals surface area contributed by atoms with Gasteiger partial charge in [0.15, 0.2) is 11.6 Å². The SMILES string of the molecule is COC(=O)C(F)(C1Cc2[nH]c3ccc(Cl)cc3c2C1)S(=O)(=O)c1ccc(F)c(F)c1. The molecule has 1 aliphatic carbocycles. The molecule has 5 nitrogen and oxygen atoms in total. The van der Waals surface area contributed by atoms with Gasteiger partial charge in [0.2, 0.25) is 9.84 Å². The monoisotopic (exact) mass is 457 g/mol. The fraction of sp³-hybridized carbons (Fsp3) is 0.250. The number of sulfone groups is 1. The molecule has 0 saturated heterocycles. The first-order chi connectivity index (χ1) is 14.1. The number of H-pyrrole nitrogens is 1. The Labute approximate surface area is 174 Å². The second kappa shape index (κ2) is 7.02. The normalized spacial score (nSPS) is 18.2. The summed E-state index contributed by atoms with van der Waals surface area (Å²) in [5.41, 5.74) is 1.96. The maximum atomic E-state index is 16.2. The van der Waals surface area contributed by atoms with Gasteiger partial charge in [-0.05, 0) is 54.8 Å². The van der Waals surface area contributed by atoms with Crippen molar-refractivity contribution in [2.45, 2.75) is 22.7 Å². The largest absolute Gasteiger partial charge is 0.466 e. The molecule has 1 N–H and O–H groups in total. The molecule has 0 radical (unpaired) electrons. The first kappa shape index (κ1) is 20.7. The van der Waals surface area contributed by atoms with E-state index in [4.69, 9.17) is 11.6 Å². The van der Waals surface area contributed by atoms with E-state index in [-0.39, 0.29) is 12.8 Å². The molecule has 158 valence electrons. The van der Waals surface area contributed by atoms with Crippen LogP contribution in [0.25, 0.3) is 10.9 Å². The van der Waals surface area contributed by atoms with E-state index in [0.29, 0.717) is 39.9 Å². The van der Waals surface area contributed by atoms with Crippen LogP contribution < -0.4 is 0 Å². The molecule has 10 heteroatoms. The second-order valence-corrected chi connectivity index (χ2v) is 9.60. The van der Waals surface area contributed by atoms with E-state index in [9.17, 15) is 22.0 Å². The minimum absolute atomic E-state index is 0.0931. The van der Waals surface area contributed by atoms with Gasteiger partial charge in [-0.15, -0.1) is 0 Å². The van der Waals surface area contributed by atoms with E-state index < -0.39 is 43.3 Å². The lowest BCUT2D eigenvalue weighted by Gasteiger charge is -2.28. The van der Waals surface area contributed by atoms with Crippen LogP contribution in [0.2, 0.25) is 5.02 Å². The van der Waals surface area contributed by atoms with Crippen LogP contribution >= 0.6 is 11.6 Å². The average Bonchev–Trinajstić information content (AvgIpc) is 3.27. The Hall–Kier alpha value is -2.52. The predicted molar refractivity (Wildman–Crippen MR) is 104 cm³/mol. The highest BCUT2D eigenvalue weighted by Crippen LogP contribution is 2.45. The van der Waals surface area contributed by atoms with Crippen molar-refractivity contribution in [2.75, 3.05) is 7.11 Å². The van der Waals surface area contributed by atoms with Gasteiger partial charge < -0.3 is 9.72 Å². The summed E-state index contributed by atoms with van der Waals surface area (Å²) in [6, 6.07) is 6.71. The van der Waals surface area contributed by atoms with E-state index in [2.05, 4.69) is 9.72 Å². The summed E-state index contributed by atoms with van der Waals surface area (Å²) in [5, 5.41) is -2.37. The summed E-state index contributed by atoms with van der Waals surface area (Å²) in [4.78, 5) is 14.6. The number of esters is 1. The number of fused-ring (bicyclic) bond motifs is 3. The fourth-order valence-corrected chi connectivity index (χ4v) is 5.89. The molecule has 2 unspecified atom stereocenters. The number of hydrogen-bond donors (Lipinski definition) is 1. The molecule has 2 aromatic carbocycles. The Kier molecular flexibility index (Phi) is 4.85. The van der Waals surface area contributed by atoms with Gasteiger partial charge in [0, 0.05) is 27.5 Å². The Bertz CT molecular complexity index is 1290. The first-order valence-corrected chi connectivity index (χ1v) is 10.7. The summed E-state index contributed by atoms with van der Waals surface area (Å²) < 4.78 is 73.8. The Morgan fingerprint density at radius 2 is 1.90 bits per heavy atom. The number of rotatable bonds is 4. The number of methoxy groups -OCH3 is 1. The highest BCUT2D eigenvalue weighted by atomic mass is 35.5. The molecule has 0 amide bonds. The van der Waals surface area contributed by atoms with Crippen LogP contribution in [0.15, 0.2) is 41.3 Å². The maximum absolute atomic E-state index is 16.2. The van der Waals surface area contributed by atoms with E-state index >= 15 is 4.39 Å². The zero-order valence-corrected chi connectivity index (χ0v) is 17.1. The first-order valence-electron chi connectivity index (χ1n) is 8.85. The van der Waals surface area contributed by atoms with Gasteiger partial charge >= 0.3 is 11.0 Å².